The van der Waals surface area contributed by atoms with Gasteiger partial charge in [0.1, 0.15) is 6.61 Å². The minimum atomic E-state index is -0.678. The van der Waals surface area contributed by atoms with Gasteiger partial charge in [-0.2, -0.15) is 0 Å². The van der Waals surface area contributed by atoms with Crippen molar-refractivity contribution in [1.29, 1.82) is 0 Å². The number of benzene rings is 1. The number of nitro benzene ring substituents is 1. The van der Waals surface area contributed by atoms with E-state index in [1.807, 2.05) is 0 Å². The summed E-state index contributed by atoms with van der Waals surface area (Å²) < 4.78 is 4.63. The second-order valence-corrected chi connectivity index (χ2v) is 3.58. The van der Waals surface area contributed by atoms with Crippen LogP contribution in [0.2, 0.25) is 0 Å². The maximum absolute atomic E-state index is 11.2. The van der Waals surface area contributed by atoms with Crippen LogP contribution in [0.25, 0.3) is 0 Å². The summed E-state index contributed by atoms with van der Waals surface area (Å²) in [5, 5.41) is 21.6. The molecule has 1 aromatic rings. The lowest BCUT2D eigenvalue weighted by Crippen LogP contribution is -2.28. The molecule has 1 aromatic carbocycles. The van der Waals surface area contributed by atoms with Crippen LogP contribution in [0.1, 0.15) is 18.5 Å². The lowest BCUT2D eigenvalue weighted by molar-refractivity contribution is -0.384. The summed E-state index contributed by atoms with van der Waals surface area (Å²) in [6, 6.07) is 5.56. The van der Waals surface area contributed by atoms with Gasteiger partial charge in [0.2, 0.25) is 0 Å². The van der Waals surface area contributed by atoms with Crippen molar-refractivity contribution in [3.8, 4) is 0 Å². The fourth-order valence-electron chi connectivity index (χ4n) is 1.35. The third-order valence-corrected chi connectivity index (χ3v) is 2.24. The molecule has 0 aromatic heterocycles. The number of ether oxygens (including phenoxy) is 1. The first-order valence-corrected chi connectivity index (χ1v) is 5.33. The number of nitro groups is 1. The van der Waals surface area contributed by atoms with Gasteiger partial charge in [0.15, 0.2) is 0 Å². The average Bonchev–Trinajstić information content (AvgIpc) is 2.36. The molecule has 1 rings (SSSR count). The van der Waals surface area contributed by atoms with E-state index in [-0.39, 0.29) is 18.9 Å². The number of hydrogen-bond acceptors (Lipinski definition) is 5. The largest absolute Gasteiger partial charge is 0.447 e. The Morgan fingerprint density at radius 3 is 2.94 bits per heavy atom. The van der Waals surface area contributed by atoms with Crippen molar-refractivity contribution < 1.29 is 19.6 Å². The number of alkyl carbamates (subject to hydrolysis) is 1. The topological polar surface area (TPSA) is 102 Å². The highest BCUT2D eigenvalue weighted by atomic mass is 16.6. The van der Waals surface area contributed by atoms with E-state index in [2.05, 4.69) is 10.1 Å². The molecule has 7 heteroatoms. The molecule has 7 nitrogen and oxygen atoms in total. The number of nitrogens with zero attached hydrogens (tertiary/aromatic N) is 1. The monoisotopic (exact) mass is 254 g/mol. The van der Waals surface area contributed by atoms with Crippen LogP contribution in [0.4, 0.5) is 10.5 Å². The Kier molecular flexibility index (Phi) is 5.06. The summed E-state index contributed by atoms with van der Waals surface area (Å²) in [6.45, 7) is 1.34. The fourth-order valence-corrected chi connectivity index (χ4v) is 1.35. The van der Waals surface area contributed by atoms with Gasteiger partial charge in [-0.1, -0.05) is 12.1 Å². The van der Waals surface area contributed by atoms with Crippen LogP contribution in [0.15, 0.2) is 24.3 Å². The van der Waals surface area contributed by atoms with E-state index in [9.17, 15) is 14.9 Å². The molecule has 98 valence electrons. The number of rotatable bonds is 5. The van der Waals surface area contributed by atoms with Crippen LogP contribution in [0, 0.1) is 10.1 Å². The fraction of sp³-hybridized carbons (Fsp3) is 0.364. The number of carbonyl (C=O) groups is 1. The lowest BCUT2D eigenvalue weighted by atomic mass is 10.1. The van der Waals surface area contributed by atoms with Gasteiger partial charge in [-0.05, 0) is 12.5 Å². The molecule has 0 heterocycles. The molecule has 0 aliphatic carbocycles. The molecular formula is C11H14N2O5. The molecule has 1 atom stereocenters. The predicted molar refractivity (Wildman–Crippen MR) is 63.1 cm³/mol. The molecule has 0 aliphatic heterocycles. The van der Waals surface area contributed by atoms with E-state index in [0.29, 0.717) is 5.56 Å². The highest BCUT2D eigenvalue weighted by Crippen LogP contribution is 2.18. The Balaban J connectivity index is 2.66. The maximum atomic E-state index is 11.2. The van der Waals surface area contributed by atoms with Crippen LogP contribution < -0.4 is 5.32 Å². The summed E-state index contributed by atoms with van der Waals surface area (Å²) >= 11 is 0. The molecule has 0 saturated carbocycles. The third kappa shape index (κ3) is 4.02. The van der Waals surface area contributed by atoms with Crippen molar-refractivity contribution in [2.75, 3.05) is 13.2 Å². The van der Waals surface area contributed by atoms with Gasteiger partial charge in [-0.3, -0.25) is 10.1 Å². The zero-order valence-electron chi connectivity index (χ0n) is 9.83. The quantitative estimate of drug-likeness (QED) is 0.610. The first-order chi connectivity index (χ1) is 8.54. The van der Waals surface area contributed by atoms with Gasteiger partial charge < -0.3 is 15.2 Å². The SMILES string of the molecule is CC(NC(=O)OCCO)c1cccc([N+](=O)[O-])c1. The number of amides is 1. The highest BCUT2D eigenvalue weighted by molar-refractivity contribution is 5.67. The second-order valence-electron chi connectivity index (χ2n) is 3.58. The molecule has 0 aliphatic rings. The van der Waals surface area contributed by atoms with Gasteiger partial charge in [0.25, 0.3) is 5.69 Å². The van der Waals surface area contributed by atoms with Crippen LogP contribution >= 0.6 is 0 Å². The van der Waals surface area contributed by atoms with Gasteiger partial charge in [0.05, 0.1) is 17.6 Å². The van der Waals surface area contributed by atoms with Crippen LogP contribution in [0.5, 0.6) is 0 Å². The number of hydrogen-bond donors (Lipinski definition) is 2. The van der Waals surface area contributed by atoms with Crippen LogP contribution in [0.3, 0.4) is 0 Å². The molecule has 1 amide bonds. The summed E-state index contributed by atoms with van der Waals surface area (Å²) in [4.78, 5) is 21.3. The molecule has 0 bridgehead atoms. The molecule has 0 saturated heterocycles. The summed E-state index contributed by atoms with van der Waals surface area (Å²) in [5.74, 6) is 0. The van der Waals surface area contributed by atoms with Crippen molar-refractivity contribution in [2.45, 2.75) is 13.0 Å². The summed E-state index contributed by atoms with van der Waals surface area (Å²) in [6.07, 6.45) is -0.678. The minimum Gasteiger partial charge on any atom is -0.447 e. The molecule has 0 radical (unpaired) electrons. The van der Waals surface area contributed by atoms with E-state index in [4.69, 9.17) is 5.11 Å². The minimum absolute atomic E-state index is 0.0372. The summed E-state index contributed by atoms with van der Waals surface area (Å²) in [7, 11) is 0. The Hall–Kier alpha value is -2.15. The van der Waals surface area contributed by atoms with E-state index in [0.717, 1.165) is 0 Å². The van der Waals surface area contributed by atoms with Gasteiger partial charge >= 0.3 is 6.09 Å². The Morgan fingerprint density at radius 2 is 2.33 bits per heavy atom. The third-order valence-electron chi connectivity index (χ3n) is 2.24. The first-order valence-electron chi connectivity index (χ1n) is 5.33. The molecule has 0 spiro atoms. The normalized spacial score (nSPS) is 11.7. The Labute approximate surface area is 104 Å². The molecule has 1 unspecified atom stereocenters. The maximum Gasteiger partial charge on any atom is 0.407 e. The molecule has 2 N–H and O–H groups in total. The Bertz CT molecular complexity index is 435. The zero-order chi connectivity index (χ0) is 13.5. The van der Waals surface area contributed by atoms with Crippen molar-refractivity contribution in [3.63, 3.8) is 0 Å². The van der Waals surface area contributed by atoms with E-state index >= 15 is 0 Å². The standard InChI is InChI=1S/C11H14N2O5/c1-8(12-11(15)18-6-5-14)9-3-2-4-10(7-9)13(16)17/h2-4,7-8,14H,5-6H2,1H3,(H,12,15). The van der Waals surface area contributed by atoms with Gasteiger partial charge in [0, 0.05) is 12.1 Å². The number of aliphatic hydroxyl groups excluding tert-OH is 1. The van der Waals surface area contributed by atoms with E-state index in [1.165, 1.54) is 12.1 Å². The first kappa shape index (κ1) is 13.9. The Morgan fingerprint density at radius 1 is 1.61 bits per heavy atom. The number of carbonyl (C=O) groups excluding carboxylic acids is 1. The van der Waals surface area contributed by atoms with Gasteiger partial charge in [-0.25, -0.2) is 4.79 Å². The van der Waals surface area contributed by atoms with Crippen LogP contribution in [-0.2, 0) is 4.74 Å². The van der Waals surface area contributed by atoms with Crippen molar-refractivity contribution in [2.24, 2.45) is 0 Å². The van der Waals surface area contributed by atoms with Gasteiger partial charge in [-0.15, -0.1) is 0 Å². The second kappa shape index (κ2) is 6.55. The smallest absolute Gasteiger partial charge is 0.407 e. The van der Waals surface area contributed by atoms with E-state index < -0.39 is 17.1 Å². The molecule has 18 heavy (non-hydrogen) atoms. The summed E-state index contributed by atoms with van der Waals surface area (Å²) in [5.41, 5.74) is 0.565. The zero-order valence-corrected chi connectivity index (χ0v) is 9.83. The number of aliphatic hydroxyl groups is 1. The van der Waals surface area contributed by atoms with E-state index in [1.54, 1.807) is 19.1 Å². The molecule has 0 fully saturated rings. The number of non-ortho nitro benzene ring substituents is 1. The molecular weight excluding hydrogens is 240 g/mol. The predicted octanol–water partition coefficient (Wildman–Crippen LogP) is 1.37. The highest BCUT2D eigenvalue weighted by Gasteiger charge is 2.13. The lowest BCUT2D eigenvalue weighted by Gasteiger charge is -2.13. The van der Waals surface area contributed by atoms with Crippen molar-refractivity contribution in [3.05, 3.63) is 39.9 Å². The van der Waals surface area contributed by atoms with Crippen molar-refractivity contribution >= 4 is 11.8 Å². The number of nitrogens with one attached hydrogen (secondary N) is 1. The van der Waals surface area contributed by atoms with Crippen LogP contribution in [-0.4, -0.2) is 29.3 Å². The average molecular weight is 254 g/mol. The van der Waals surface area contributed by atoms with Crippen molar-refractivity contribution in [1.82, 2.24) is 5.32 Å².